The van der Waals surface area contributed by atoms with Crippen molar-refractivity contribution in [3.05, 3.63) is 34.9 Å². The highest BCUT2D eigenvalue weighted by atomic mass is 16.6. The maximum atomic E-state index is 12.4. The number of allylic oxidation sites excluding steroid dienone is 3. The van der Waals surface area contributed by atoms with E-state index in [4.69, 9.17) is 4.74 Å². The van der Waals surface area contributed by atoms with Crippen LogP contribution < -0.4 is 0 Å². The summed E-state index contributed by atoms with van der Waals surface area (Å²) in [6, 6.07) is 0. The summed E-state index contributed by atoms with van der Waals surface area (Å²) in [6.07, 6.45) is 4.08. The number of fused-ring (bicyclic) bond motifs is 4. The van der Waals surface area contributed by atoms with Crippen molar-refractivity contribution < 1.29 is 24.9 Å². The SMILES string of the molecule is C=C(CC[C@@H](C)[C@H]1CC=C2C3=C(C(O)C(OC(C)=O)[C@@]21C)C1(C)CC(O)C(O)C(C)(C)C1CC3)C(C)C. The molecule has 4 aliphatic rings. The summed E-state index contributed by atoms with van der Waals surface area (Å²) in [6.45, 7) is 20.8. The molecule has 4 rings (SSSR count). The van der Waals surface area contributed by atoms with Crippen molar-refractivity contribution in [2.75, 3.05) is 0 Å². The number of hydrogen-bond acceptors (Lipinski definition) is 5. The molecule has 6 unspecified atom stereocenters. The Hall–Kier alpha value is -1.43. The first-order valence-corrected chi connectivity index (χ1v) is 14.4. The topological polar surface area (TPSA) is 87.0 Å². The van der Waals surface area contributed by atoms with Gasteiger partial charge in [-0.1, -0.05) is 66.7 Å². The summed E-state index contributed by atoms with van der Waals surface area (Å²) >= 11 is 0. The monoisotopic (exact) mass is 514 g/mol. The van der Waals surface area contributed by atoms with Crippen molar-refractivity contribution in [2.24, 2.45) is 39.9 Å². The van der Waals surface area contributed by atoms with Gasteiger partial charge in [-0.3, -0.25) is 4.79 Å². The smallest absolute Gasteiger partial charge is 0.303 e. The van der Waals surface area contributed by atoms with Gasteiger partial charge in [-0.25, -0.2) is 0 Å². The molecule has 0 aromatic heterocycles. The van der Waals surface area contributed by atoms with E-state index in [0.29, 0.717) is 18.3 Å². The molecule has 0 amide bonds. The third-order valence-corrected chi connectivity index (χ3v) is 11.2. The normalized spacial score (nSPS) is 41.5. The molecule has 1 saturated carbocycles. The fourth-order valence-electron chi connectivity index (χ4n) is 9.06. The first-order chi connectivity index (χ1) is 17.1. The Kier molecular flexibility index (Phi) is 7.45. The molecule has 0 bridgehead atoms. The molecule has 3 N–H and O–H groups in total. The number of rotatable bonds is 6. The molecule has 0 spiro atoms. The molecular formula is C32H50O5. The maximum Gasteiger partial charge on any atom is 0.303 e. The largest absolute Gasteiger partial charge is 0.458 e. The third kappa shape index (κ3) is 4.28. The van der Waals surface area contributed by atoms with Gasteiger partial charge in [-0.15, -0.1) is 0 Å². The Bertz CT molecular complexity index is 1000. The van der Waals surface area contributed by atoms with Crippen molar-refractivity contribution in [1.29, 1.82) is 0 Å². The van der Waals surface area contributed by atoms with Crippen LogP contribution in [0.4, 0.5) is 0 Å². The lowest BCUT2D eigenvalue weighted by Crippen LogP contribution is -2.62. The Morgan fingerprint density at radius 3 is 2.41 bits per heavy atom. The number of hydrogen-bond donors (Lipinski definition) is 3. The van der Waals surface area contributed by atoms with Crippen LogP contribution in [0.2, 0.25) is 0 Å². The summed E-state index contributed by atoms with van der Waals surface area (Å²) in [5, 5.41) is 33.9. The van der Waals surface area contributed by atoms with E-state index < -0.39 is 40.7 Å². The van der Waals surface area contributed by atoms with Crippen molar-refractivity contribution in [2.45, 2.75) is 118 Å². The number of aliphatic hydroxyl groups excluding tert-OH is 3. The van der Waals surface area contributed by atoms with Crippen LogP contribution in [0.1, 0.15) is 93.9 Å². The van der Waals surface area contributed by atoms with Gasteiger partial charge < -0.3 is 20.1 Å². The second kappa shape index (κ2) is 9.64. The number of ether oxygens (including phenoxy) is 1. The Morgan fingerprint density at radius 1 is 1.16 bits per heavy atom. The zero-order valence-electron chi connectivity index (χ0n) is 24.3. The molecule has 9 atom stereocenters. The first kappa shape index (κ1) is 28.6. The van der Waals surface area contributed by atoms with Gasteiger partial charge in [-0.05, 0) is 89.7 Å². The van der Waals surface area contributed by atoms with E-state index in [2.05, 4.69) is 47.3 Å². The average molecular weight is 515 g/mol. The molecule has 0 heterocycles. The standard InChI is InChI=1S/C32H50O5/c1-17(2)18(3)10-11-19(4)22-13-14-23-21-12-15-25-30(6,7)28(36)24(34)16-31(25,8)26(21)27(35)29(32(22,23)9)37-20(5)33/h14,17,19,22,24-25,27-29,34-36H,3,10-13,15-16H2,1-2,4-9H3/t19-,22-,24?,25?,27?,28?,29?,31?,32-/m1/s1. The minimum atomic E-state index is -0.939. The van der Waals surface area contributed by atoms with Gasteiger partial charge in [0, 0.05) is 12.3 Å². The zero-order valence-corrected chi connectivity index (χ0v) is 24.3. The minimum Gasteiger partial charge on any atom is -0.458 e. The predicted molar refractivity (Wildman–Crippen MR) is 147 cm³/mol. The van der Waals surface area contributed by atoms with E-state index in [-0.39, 0.29) is 17.8 Å². The van der Waals surface area contributed by atoms with E-state index in [1.807, 2.05) is 13.8 Å². The van der Waals surface area contributed by atoms with E-state index in [0.717, 1.165) is 37.7 Å². The molecule has 4 aliphatic carbocycles. The van der Waals surface area contributed by atoms with Crippen LogP contribution in [0.25, 0.3) is 0 Å². The van der Waals surface area contributed by atoms with Crippen molar-refractivity contribution in [1.82, 2.24) is 0 Å². The number of aliphatic hydroxyl groups is 3. The van der Waals surface area contributed by atoms with Crippen LogP contribution in [0.15, 0.2) is 34.9 Å². The summed E-state index contributed by atoms with van der Waals surface area (Å²) in [7, 11) is 0. The van der Waals surface area contributed by atoms with Crippen LogP contribution in [-0.4, -0.2) is 45.7 Å². The lowest BCUT2D eigenvalue weighted by molar-refractivity contribution is -0.176. The van der Waals surface area contributed by atoms with Gasteiger partial charge in [0.2, 0.25) is 0 Å². The van der Waals surface area contributed by atoms with Gasteiger partial charge >= 0.3 is 5.97 Å². The third-order valence-electron chi connectivity index (χ3n) is 11.2. The summed E-state index contributed by atoms with van der Waals surface area (Å²) in [5.41, 5.74) is 3.17. The second-order valence-corrected chi connectivity index (χ2v) is 14.0. The Morgan fingerprint density at radius 2 is 1.81 bits per heavy atom. The van der Waals surface area contributed by atoms with Crippen molar-refractivity contribution >= 4 is 5.97 Å². The van der Waals surface area contributed by atoms with Crippen LogP contribution >= 0.6 is 0 Å². The van der Waals surface area contributed by atoms with Gasteiger partial charge in [-0.2, -0.15) is 0 Å². The quantitative estimate of drug-likeness (QED) is 0.311. The van der Waals surface area contributed by atoms with E-state index in [9.17, 15) is 20.1 Å². The lowest BCUT2D eigenvalue weighted by Gasteiger charge is -2.62. The molecule has 5 nitrogen and oxygen atoms in total. The summed E-state index contributed by atoms with van der Waals surface area (Å²) in [4.78, 5) is 12.4. The highest BCUT2D eigenvalue weighted by Crippen LogP contribution is 2.67. The number of carbonyl (C=O) groups excluding carboxylic acids is 1. The molecule has 37 heavy (non-hydrogen) atoms. The van der Waals surface area contributed by atoms with Crippen molar-refractivity contribution in [3.63, 3.8) is 0 Å². The highest BCUT2D eigenvalue weighted by Gasteiger charge is 2.64. The minimum absolute atomic E-state index is 0.105. The second-order valence-electron chi connectivity index (χ2n) is 14.0. The summed E-state index contributed by atoms with van der Waals surface area (Å²) in [5.74, 6) is 0.808. The van der Waals surface area contributed by atoms with Crippen LogP contribution in [0.3, 0.4) is 0 Å². The molecule has 0 aliphatic heterocycles. The Balaban J connectivity index is 1.78. The van der Waals surface area contributed by atoms with E-state index in [1.165, 1.54) is 23.6 Å². The molecule has 0 radical (unpaired) electrons. The fourth-order valence-corrected chi connectivity index (χ4v) is 9.06. The highest BCUT2D eigenvalue weighted by molar-refractivity contribution is 5.67. The van der Waals surface area contributed by atoms with Crippen LogP contribution in [-0.2, 0) is 9.53 Å². The van der Waals surface area contributed by atoms with E-state index >= 15 is 0 Å². The molecule has 1 fully saturated rings. The predicted octanol–water partition coefficient (Wildman–Crippen LogP) is 5.74. The summed E-state index contributed by atoms with van der Waals surface area (Å²) < 4.78 is 6.04. The maximum absolute atomic E-state index is 12.4. The zero-order chi connectivity index (χ0) is 27.7. The van der Waals surface area contributed by atoms with Crippen LogP contribution in [0, 0.1) is 39.9 Å². The van der Waals surface area contributed by atoms with Crippen LogP contribution in [0.5, 0.6) is 0 Å². The van der Waals surface area contributed by atoms with Gasteiger partial charge in [0.25, 0.3) is 0 Å². The molecule has 5 heteroatoms. The lowest BCUT2D eigenvalue weighted by atomic mass is 9.45. The molecule has 0 aromatic carbocycles. The molecular weight excluding hydrogens is 464 g/mol. The Labute approximate surface area is 224 Å². The van der Waals surface area contributed by atoms with E-state index in [1.54, 1.807) is 0 Å². The van der Waals surface area contributed by atoms with Gasteiger partial charge in [0.05, 0.1) is 12.2 Å². The number of esters is 1. The molecule has 0 aromatic rings. The molecule has 0 saturated heterocycles. The number of carbonyl (C=O) groups is 1. The first-order valence-electron chi connectivity index (χ1n) is 14.4. The fraction of sp³-hybridized carbons (Fsp3) is 0.781. The average Bonchev–Trinajstić information content (AvgIpc) is 3.15. The van der Waals surface area contributed by atoms with Crippen molar-refractivity contribution in [3.8, 4) is 0 Å². The van der Waals surface area contributed by atoms with Gasteiger partial charge in [0.1, 0.15) is 12.2 Å². The molecule has 208 valence electrons. The van der Waals surface area contributed by atoms with Gasteiger partial charge in [0.15, 0.2) is 0 Å².